The van der Waals surface area contributed by atoms with Gasteiger partial charge in [-0.3, -0.25) is 0 Å². The van der Waals surface area contributed by atoms with Crippen molar-refractivity contribution >= 4 is 5.97 Å². The first-order valence-electron chi connectivity index (χ1n) is 13.8. The minimum Gasteiger partial charge on any atom is -0.463 e. The van der Waals surface area contributed by atoms with Gasteiger partial charge in [0.2, 0.25) is 0 Å². The van der Waals surface area contributed by atoms with Crippen LogP contribution in [0.25, 0.3) is 0 Å². The monoisotopic (exact) mass is 452 g/mol. The molecule has 1 heterocycles. The van der Waals surface area contributed by atoms with Crippen LogP contribution in [0.4, 0.5) is 0 Å². The van der Waals surface area contributed by atoms with Crippen LogP contribution in [0.2, 0.25) is 0 Å². The van der Waals surface area contributed by atoms with E-state index < -0.39 is 0 Å². The number of hydrogen-bond donors (Lipinski definition) is 0. The molecule has 0 amide bonds. The molecule has 0 N–H and O–H groups in total. The molecule has 188 valence electrons. The molecule has 4 heteroatoms. The van der Waals surface area contributed by atoms with Crippen LogP contribution in [0.3, 0.4) is 0 Å². The average Bonchev–Trinajstić information content (AvgIpc) is 2.81. The summed E-state index contributed by atoms with van der Waals surface area (Å²) in [5.74, 6) is -0.153. The maximum Gasteiger partial charge on any atom is 0.333 e. The molecule has 0 spiro atoms. The molecule has 1 aliphatic rings. The van der Waals surface area contributed by atoms with Gasteiger partial charge in [0.25, 0.3) is 0 Å². The predicted octanol–water partition coefficient (Wildman–Crippen LogP) is 8.28. The van der Waals surface area contributed by atoms with Gasteiger partial charge in [0.15, 0.2) is 6.29 Å². The number of unbranched alkanes of at least 4 members (excludes halogenated alkanes) is 11. The predicted molar refractivity (Wildman–Crippen MR) is 134 cm³/mol. The first kappa shape index (κ1) is 29.2. The van der Waals surface area contributed by atoms with E-state index in [4.69, 9.17) is 14.2 Å². The lowest BCUT2D eigenvalue weighted by molar-refractivity contribution is -0.189. The highest BCUT2D eigenvalue weighted by molar-refractivity contribution is 5.88. The molecule has 1 fully saturated rings. The summed E-state index contributed by atoms with van der Waals surface area (Å²) in [6.07, 6.45) is 23.7. The van der Waals surface area contributed by atoms with E-state index in [-0.39, 0.29) is 18.4 Å². The molecule has 1 unspecified atom stereocenters. The van der Waals surface area contributed by atoms with Crippen molar-refractivity contribution in [3.63, 3.8) is 0 Å². The fourth-order valence-electron chi connectivity index (χ4n) is 4.31. The molecule has 0 aromatic heterocycles. The van der Waals surface area contributed by atoms with Crippen molar-refractivity contribution in [3.05, 3.63) is 11.6 Å². The number of rotatable bonds is 20. The molecule has 2 atom stereocenters. The fraction of sp³-hybridized carbons (Fsp3) is 0.893. The van der Waals surface area contributed by atoms with Crippen molar-refractivity contribution in [3.8, 4) is 0 Å². The van der Waals surface area contributed by atoms with Crippen LogP contribution in [0, 0.1) is 0 Å². The Morgan fingerprint density at radius 3 is 2.16 bits per heavy atom. The second kappa shape index (κ2) is 20.7. The minimum absolute atomic E-state index is 0.0694. The quantitative estimate of drug-likeness (QED) is 0.106. The van der Waals surface area contributed by atoms with E-state index in [1.165, 1.54) is 70.6 Å². The van der Waals surface area contributed by atoms with Crippen LogP contribution in [-0.4, -0.2) is 31.6 Å². The van der Waals surface area contributed by atoms with E-state index in [1.807, 2.05) is 6.92 Å². The maximum atomic E-state index is 12.4. The van der Waals surface area contributed by atoms with Crippen LogP contribution in [-0.2, 0) is 19.0 Å². The lowest BCUT2D eigenvalue weighted by Crippen LogP contribution is -2.28. The van der Waals surface area contributed by atoms with Crippen molar-refractivity contribution in [2.75, 3.05) is 13.2 Å². The van der Waals surface area contributed by atoms with Gasteiger partial charge in [0.05, 0.1) is 12.7 Å². The van der Waals surface area contributed by atoms with Gasteiger partial charge in [-0.05, 0) is 58.3 Å². The molecular weight excluding hydrogens is 400 g/mol. The lowest BCUT2D eigenvalue weighted by atomic mass is 10.0. The molecule has 4 nitrogen and oxygen atoms in total. The Balaban J connectivity index is 2.25. The van der Waals surface area contributed by atoms with Crippen molar-refractivity contribution in [2.45, 2.75) is 149 Å². The van der Waals surface area contributed by atoms with E-state index in [2.05, 4.69) is 19.9 Å². The molecule has 0 aromatic rings. The van der Waals surface area contributed by atoms with Gasteiger partial charge in [-0.2, -0.15) is 0 Å². The van der Waals surface area contributed by atoms with Crippen LogP contribution in [0.5, 0.6) is 0 Å². The Bertz CT molecular complexity index is 468. The van der Waals surface area contributed by atoms with Gasteiger partial charge >= 0.3 is 5.97 Å². The van der Waals surface area contributed by atoms with Gasteiger partial charge < -0.3 is 14.2 Å². The topological polar surface area (TPSA) is 44.8 Å². The van der Waals surface area contributed by atoms with Crippen LogP contribution in [0.1, 0.15) is 136 Å². The van der Waals surface area contributed by atoms with E-state index >= 15 is 0 Å². The highest BCUT2D eigenvalue weighted by Crippen LogP contribution is 2.21. The number of carbonyl (C=O) groups excluding carboxylic acids is 1. The summed E-state index contributed by atoms with van der Waals surface area (Å²) < 4.78 is 17.2. The van der Waals surface area contributed by atoms with Crippen LogP contribution in [0.15, 0.2) is 11.6 Å². The van der Waals surface area contributed by atoms with Gasteiger partial charge in [0.1, 0.15) is 0 Å². The van der Waals surface area contributed by atoms with E-state index in [9.17, 15) is 4.79 Å². The summed E-state index contributed by atoms with van der Waals surface area (Å²) >= 11 is 0. The summed E-state index contributed by atoms with van der Waals surface area (Å²) in [6, 6.07) is 0. The largest absolute Gasteiger partial charge is 0.463 e. The van der Waals surface area contributed by atoms with Crippen molar-refractivity contribution in [1.82, 2.24) is 0 Å². The third-order valence-corrected chi connectivity index (χ3v) is 6.41. The van der Waals surface area contributed by atoms with Gasteiger partial charge in [-0.25, -0.2) is 4.79 Å². The third kappa shape index (κ3) is 15.1. The normalized spacial score (nSPS) is 18.0. The highest BCUT2D eigenvalue weighted by Gasteiger charge is 2.20. The zero-order valence-electron chi connectivity index (χ0n) is 21.5. The molecule has 0 aliphatic carbocycles. The molecule has 0 radical (unpaired) electrons. The summed E-state index contributed by atoms with van der Waals surface area (Å²) in [4.78, 5) is 12.4. The highest BCUT2D eigenvalue weighted by atomic mass is 16.7. The molecule has 1 saturated heterocycles. The first-order valence-corrected chi connectivity index (χ1v) is 13.8. The van der Waals surface area contributed by atoms with Gasteiger partial charge in [-0.15, -0.1) is 0 Å². The van der Waals surface area contributed by atoms with E-state index in [1.54, 1.807) is 0 Å². The molecule has 0 saturated carbocycles. The Hall–Kier alpha value is -0.870. The number of esters is 1. The Morgan fingerprint density at radius 2 is 1.59 bits per heavy atom. The zero-order chi connectivity index (χ0) is 23.3. The van der Waals surface area contributed by atoms with Gasteiger partial charge in [-0.1, -0.05) is 84.1 Å². The smallest absolute Gasteiger partial charge is 0.333 e. The van der Waals surface area contributed by atoms with Gasteiger partial charge in [0, 0.05) is 12.2 Å². The average molecular weight is 453 g/mol. The summed E-state index contributed by atoms with van der Waals surface area (Å²) in [7, 11) is 0. The second-order valence-corrected chi connectivity index (χ2v) is 9.28. The zero-order valence-corrected chi connectivity index (χ0v) is 21.5. The Kier molecular flexibility index (Phi) is 18.9. The summed E-state index contributed by atoms with van der Waals surface area (Å²) in [5.41, 5.74) is 0.825. The number of hydrogen-bond acceptors (Lipinski definition) is 4. The number of ether oxygens (including phenoxy) is 3. The van der Waals surface area contributed by atoms with Crippen molar-refractivity contribution in [2.24, 2.45) is 0 Å². The van der Waals surface area contributed by atoms with Crippen molar-refractivity contribution in [1.29, 1.82) is 0 Å². The SMILES string of the molecule is CCCCCCCCCCCCCC=C(CCC(CC)O[C@@H]1CCCCO1)C(=O)OCC. The third-order valence-electron chi connectivity index (χ3n) is 6.41. The summed E-state index contributed by atoms with van der Waals surface area (Å²) in [6.45, 7) is 7.52. The van der Waals surface area contributed by atoms with Crippen molar-refractivity contribution < 1.29 is 19.0 Å². The molecule has 0 bridgehead atoms. The van der Waals surface area contributed by atoms with E-state index in [0.29, 0.717) is 6.61 Å². The lowest BCUT2D eigenvalue weighted by Gasteiger charge is -2.27. The molecule has 1 aliphatic heterocycles. The van der Waals surface area contributed by atoms with E-state index in [0.717, 1.165) is 57.1 Å². The standard InChI is InChI=1S/C28H52O4/c1-4-7-8-9-10-11-12-13-14-15-16-17-20-25(28(29)30-6-3)22-23-26(5-2)32-27-21-18-19-24-31-27/h20,26-27H,4-19,21-24H2,1-3H3/t26?,27-/m1/s1. The molecular formula is C28H52O4. The molecule has 1 rings (SSSR count). The number of carbonyl (C=O) groups is 1. The fourth-order valence-corrected chi connectivity index (χ4v) is 4.31. The summed E-state index contributed by atoms with van der Waals surface area (Å²) in [5, 5.41) is 0. The molecule has 32 heavy (non-hydrogen) atoms. The number of allylic oxidation sites excluding steroid dienone is 1. The Morgan fingerprint density at radius 1 is 0.938 bits per heavy atom. The maximum absolute atomic E-state index is 12.4. The Labute approximate surface area is 198 Å². The van der Waals surface area contributed by atoms with Crippen LogP contribution >= 0.6 is 0 Å². The minimum atomic E-state index is -0.153. The molecule has 0 aromatic carbocycles. The van der Waals surface area contributed by atoms with Crippen LogP contribution < -0.4 is 0 Å². The first-order chi connectivity index (χ1) is 15.7. The second-order valence-electron chi connectivity index (χ2n) is 9.28.